The normalized spacial score (nSPS) is 11.6. The summed E-state index contributed by atoms with van der Waals surface area (Å²) in [5, 5.41) is 8.99. The number of rotatable bonds is 2. The Balaban J connectivity index is 2.89. The van der Waals surface area contributed by atoms with Gasteiger partial charge >= 0.3 is 0 Å². The van der Waals surface area contributed by atoms with Crippen LogP contribution in [0.2, 0.25) is 0 Å². The van der Waals surface area contributed by atoms with E-state index in [1.165, 1.54) is 0 Å². The number of hydrogen-bond acceptors (Lipinski definition) is 2. The summed E-state index contributed by atoms with van der Waals surface area (Å²) in [6, 6.07) is 6.66. The van der Waals surface area contributed by atoms with Crippen LogP contribution in [0.3, 0.4) is 0 Å². The van der Waals surface area contributed by atoms with Crippen molar-refractivity contribution in [2.45, 2.75) is 6.92 Å². The Morgan fingerprint density at radius 3 is 2.50 bits per heavy atom. The minimum Gasteiger partial charge on any atom is -0.508 e. The second-order valence-corrected chi connectivity index (χ2v) is 2.41. The average molecular weight is 164 g/mol. The predicted molar refractivity (Wildman–Crippen MR) is 49.4 cm³/mol. The fourth-order valence-electron chi connectivity index (χ4n) is 0.894. The lowest BCUT2D eigenvalue weighted by atomic mass is 10.2. The molecule has 1 aromatic carbocycles. The smallest absolute Gasteiger partial charge is 0.125 e. The Labute approximate surface area is 71.6 Å². The van der Waals surface area contributed by atoms with E-state index < -0.39 is 0 Å². The Morgan fingerprint density at radius 1 is 1.42 bits per heavy atom. The van der Waals surface area contributed by atoms with Crippen LogP contribution in [0.15, 0.2) is 29.3 Å². The maximum Gasteiger partial charge on any atom is 0.125 e. The van der Waals surface area contributed by atoms with E-state index in [1.807, 2.05) is 6.92 Å². The third kappa shape index (κ3) is 1.99. The van der Waals surface area contributed by atoms with Crippen LogP contribution in [0.25, 0.3) is 0 Å². The molecule has 0 bridgehead atoms. The first kappa shape index (κ1) is 8.59. The van der Waals surface area contributed by atoms with Gasteiger partial charge in [0.25, 0.3) is 0 Å². The summed E-state index contributed by atoms with van der Waals surface area (Å²) in [5.74, 6) is 0.751. The zero-order valence-corrected chi connectivity index (χ0v) is 6.99. The van der Waals surface area contributed by atoms with Crippen molar-refractivity contribution in [3.8, 4) is 5.75 Å². The SMILES string of the molecule is CCN=C(N)c1ccc(O)cc1. The molecule has 0 aliphatic heterocycles. The standard InChI is InChI=1S/C9H12N2O/c1-2-11-9(10)7-3-5-8(12)6-4-7/h3-6,12H,2H2,1H3,(H2,10,11). The van der Waals surface area contributed by atoms with Crippen LogP contribution in [-0.2, 0) is 0 Å². The van der Waals surface area contributed by atoms with Gasteiger partial charge in [-0.2, -0.15) is 0 Å². The van der Waals surface area contributed by atoms with Gasteiger partial charge in [0.15, 0.2) is 0 Å². The molecule has 0 fully saturated rings. The molecule has 0 spiro atoms. The van der Waals surface area contributed by atoms with Gasteiger partial charge in [-0.15, -0.1) is 0 Å². The molecule has 0 saturated heterocycles. The molecule has 64 valence electrons. The van der Waals surface area contributed by atoms with Crippen molar-refractivity contribution in [2.75, 3.05) is 6.54 Å². The van der Waals surface area contributed by atoms with E-state index in [-0.39, 0.29) is 5.75 Å². The van der Waals surface area contributed by atoms with Crippen LogP contribution in [0, 0.1) is 0 Å². The fraction of sp³-hybridized carbons (Fsp3) is 0.222. The summed E-state index contributed by atoms with van der Waals surface area (Å²) in [6.45, 7) is 2.60. The molecule has 0 aliphatic rings. The molecular formula is C9H12N2O. The van der Waals surface area contributed by atoms with E-state index in [4.69, 9.17) is 10.8 Å². The zero-order valence-electron chi connectivity index (χ0n) is 6.99. The summed E-state index contributed by atoms with van der Waals surface area (Å²) >= 11 is 0. The lowest BCUT2D eigenvalue weighted by Crippen LogP contribution is -2.13. The van der Waals surface area contributed by atoms with E-state index in [1.54, 1.807) is 24.3 Å². The molecule has 0 saturated carbocycles. The van der Waals surface area contributed by atoms with Gasteiger partial charge in [-0.25, -0.2) is 0 Å². The number of hydrogen-bond donors (Lipinski definition) is 2. The number of nitrogens with zero attached hydrogens (tertiary/aromatic N) is 1. The highest BCUT2D eigenvalue weighted by molar-refractivity contribution is 5.97. The summed E-state index contributed by atoms with van der Waals surface area (Å²) in [7, 11) is 0. The average Bonchev–Trinajstić information content (AvgIpc) is 2.06. The lowest BCUT2D eigenvalue weighted by molar-refractivity contribution is 0.475. The Hall–Kier alpha value is -1.51. The highest BCUT2D eigenvalue weighted by atomic mass is 16.3. The molecule has 0 unspecified atom stereocenters. The second-order valence-electron chi connectivity index (χ2n) is 2.41. The number of benzene rings is 1. The quantitative estimate of drug-likeness (QED) is 0.508. The van der Waals surface area contributed by atoms with Gasteiger partial charge in [0.05, 0.1) is 0 Å². The van der Waals surface area contributed by atoms with Gasteiger partial charge in [0.2, 0.25) is 0 Å². The van der Waals surface area contributed by atoms with Crippen molar-refractivity contribution in [3.05, 3.63) is 29.8 Å². The molecule has 0 radical (unpaired) electrons. The van der Waals surface area contributed by atoms with Crippen LogP contribution in [-0.4, -0.2) is 17.5 Å². The van der Waals surface area contributed by atoms with Crippen LogP contribution >= 0.6 is 0 Å². The fourth-order valence-corrected chi connectivity index (χ4v) is 0.894. The largest absolute Gasteiger partial charge is 0.508 e. The lowest BCUT2D eigenvalue weighted by Gasteiger charge is -1.99. The molecular weight excluding hydrogens is 152 g/mol. The molecule has 1 aromatic rings. The number of phenolic OH excluding ortho intramolecular Hbond substituents is 1. The molecule has 3 heteroatoms. The van der Waals surface area contributed by atoms with Crippen molar-refractivity contribution in [1.29, 1.82) is 0 Å². The molecule has 0 aromatic heterocycles. The number of amidine groups is 1. The van der Waals surface area contributed by atoms with Crippen molar-refractivity contribution in [1.82, 2.24) is 0 Å². The summed E-state index contributed by atoms with van der Waals surface area (Å²) < 4.78 is 0. The van der Waals surface area contributed by atoms with E-state index in [0.29, 0.717) is 12.4 Å². The molecule has 3 N–H and O–H groups in total. The molecule has 0 atom stereocenters. The van der Waals surface area contributed by atoms with Gasteiger partial charge < -0.3 is 10.8 Å². The molecule has 0 amide bonds. The maximum absolute atomic E-state index is 8.99. The molecule has 1 rings (SSSR count). The van der Waals surface area contributed by atoms with Crippen LogP contribution in [0.4, 0.5) is 0 Å². The Bertz CT molecular complexity index is 277. The number of phenols is 1. The van der Waals surface area contributed by atoms with Crippen LogP contribution < -0.4 is 5.73 Å². The first-order chi connectivity index (χ1) is 5.74. The number of nitrogens with two attached hydrogens (primary N) is 1. The highest BCUT2D eigenvalue weighted by Crippen LogP contribution is 2.08. The monoisotopic (exact) mass is 164 g/mol. The third-order valence-electron chi connectivity index (χ3n) is 1.49. The Kier molecular flexibility index (Phi) is 2.69. The maximum atomic E-state index is 8.99. The van der Waals surface area contributed by atoms with Gasteiger partial charge in [0, 0.05) is 12.1 Å². The third-order valence-corrected chi connectivity index (χ3v) is 1.49. The van der Waals surface area contributed by atoms with E-state index in [0.717, 1.165) is 5.56 Å². The predicted octanol–water partition coefficient (Wildman–Crippen LogP) is 1.12. The summed E-state index contributed by atoms with van der Waals surface area (Å²) in [5.41, 5.74) is 6.47. The van der Waals surface area contributed by atoms with Gasteiger partial charge in [0.1, 0.15) is 11.6 Å². The van der Waals surface area contributed by atoms with Gasteiger partial charge in [-0.3, -0.25) is 4.99 Å². The summed E-state index contributed by atoms with van der Waals surface area (Å²) in [6.07, 6.45) is 0. The van der Waals surface area contributed by atoms with Crippen LogP contribution in [0.5, 0.6) is 5.75 Å². The van der Waals surface area contributed by atoms with Crippen molar-refractivity contribution < 1.29 is 5.11 Å². The zero-order chi connectivity index (χ0) is 8.97. The minimum absolute atomic E-state index is 0.239. The van der Waals surface area contributed by atoms with Gasteiger partial charge in [-0.1, -0.05) is 0 Å². The summed E-state index contributed by atoms with van der Waals surface area (Å²) in [4.78, 5) is 4.04. The molecule has 12 heavy (non-hydrogen) atoms. The minimum atomic E-state index is 0.239. The molecule has 0 heterocycles. The molecule has 0 aliphatic carbocycles. The van der Waals surface area contributed by atoms with Crippen molar-refractivity contribution in [3.63, 3.8) is 0 Å². The Morgan fingerprint density at radius 2 is 2.00 bits per heavy atom. The van der Waals surface area contributed by atoms with Crippen molar-refractivity contribution in [2.24, 2.45) is 10.7 Å². The van der Waals surface area contributed by atoms with Crippen molar-refractivity contribution >= 4 is 5.84 Å². The second kappa shape index (κ2) is 3.76. The van der Waals surface area contributed by atoms with Gasteiger partial charge in [-0.05, 0) is 31.2 Å². The topological polar surface area (TPSA) is 58.6 Å². The number of aliphatic imine (C=N–C) groups is 1. The van der Waals surface area contributed by atoms with E-state index in [2.05, 4.69) is 4.99 Å². The van der Waals surface area contributed by atoms with Crippen LogP contribution in [0.1, 0.15) is 12.5 Å². The molecule has 3 nitrogen and oxygen atoms in total. The first-order valence-corrected chi connectivity index (χ1v) is 3.83. The number of aromatic hydroxyl groups is 1. The first-order valence-electron chi connectivity index (χ1n) is 3.83. The van der Waals surface area contributed by atoms with E-state index in [9.17, 15) is 0 Å². The van der Waals surface area contributed by atoms with E-state index >= 15 is 0 Å². The highest BCUT2D eigenvalue weighted by Gasteiger charge is 1.95.